The van der Waals surface area contributed by atoms with E-state index in [0.717, 1.165) is 17.1 Å². The van der Waals surface area contributed by atoms with Crippen LogP contribution in [0.25, 0.3) is 75.5 Å². The fourth-order valence-corrected chi connectivity index (χ4v) is 10.5. The standard InChI is InChI=1S/C55H39NS/c1-55(2)50-27-10-8-22-46(50)47-32-30-41(35-51(47)55)56(40-20-12-19-38(33-40)45-25-14-26-49-48-23-9-11-28-53(48)57-54(45)49)52-34-39(29-31-44(52)37-15-4-3-5-16-37)43-24-13-18-36-17-6-7-21-42(36)43/h3-35H,1-2H3. The highest BCUT2D eigenvalue weighted by atomic mass is 32.1. The van der Waals surface area contributed by atoms with E-state index in [1.54, 1.807) is 0 Å². The van der Waals surface area contributed by atoms with Crippen LogP contribution in [0.2, 0.25) is 0 Å². The third-order valence-corrected chi connectivity index (χ3v) is 13.3. The van der Waals surface area contributed by atoms with E-state index in [4.69, 9.17) is 0 Å². The van der Waals surface area contributed by atoms with Gasteiger partial charge in [-0.1, -0.05) is 178 Å². The predicted octanol–water partition coefficient (Wildman–Crippen LogP) is 16.0. The molecule has 1 heterocycles. The zero-order chi connectivity index (χ0) is 38.1. The highest BCUT2D eigenvalue weighted by Crippen LogP contribution is 2.52. The van der Waals surface area contributed by atoms with Crippen molar-refractivity contribution in [2.45, 2.75) is 19.3 Å². The summed E-state index contributed by atoms with van der Waals surface area (Å²) in [7, 11) is 0. The Morgan fingerprint density at radius 3 is 1.91 bits per heavy atom. The summed E-state index contributed by atoms with van der Waals surface area (Å²) in [5.41, 5.74) is 15.9. The molecule has 2 heteroatoms. The van der Waals surface area contributed by atoms with Crippen LogP contribution >= 0.6 is 11.3 Å². The number of nitrogens with zero attached hydrogens (tertiary/aromatic N) is 1. The Morgan fingerprint density at radius 1 is 0.386 bits per heavy atom. The van der Waals surface area contributed by atoms with Crippen LogP contribution in [0.4, 0.5) is 17.1 Å². The van der Waals surface area contributed by atoms with Gasteiger partial charge in [0.2, 0.25) is 0 Å². The summed E-state index contributed by atoms with van der Waals surface area (Å²) in [5, 5.41) is 5.12. The van der Waals surface area contributed by atoms with Gasteiger partial charge in [-0.15, -0.1) is 11.3 Å². The molecule has 0 unspecified atom stereocenters. The first kappa shape index (κ1) is 33.6. The number of benzene rings is 9. The Hall–Kier alpha value is -6.74. The van der Waals surface area contributed by atoms with Crippen LogP contribution in [0.5, 0.6) is 0 Å². The highest BCUT2D eigenvalue weighted by molar-refractivity contribution is 7.26. The number of anilines is 3. The number of hydrogen-bond acceptors (Lipinski definition) is 2. The molecule has 0 aliphatic heterocycles. The maximum absolute atomic E-state index is 2.50. The minimum Gasteiger partial charge on any atom is -0.310 e. The molecule has 270 valence electrons. The molecule has 1 nitrogen and oxygen atoms in total. The van der Waals surface area contributed by atoms with Crippen molar-refractivity contribution in [3.63, 3.8) is 0 Å². The lowest BCUT2D eigenvalue weighted by Crippen LogP contribution is -2.17. The van der Waals surface area contributed by atoms with E-state index >= 15 is 0 Å². The van der Waals surface area contributed by atoms with Crippen molar-refractivity contribution in [1.29, 1.82) is 0 Å². The monoisotopic (exact) mass is 745 g/mol. The molecule has 0 fully saturated rings. The molecule has 0 saturated carbocycles. The fraction of sp³-hybridized carbons (Fsp3) is 0.0545. The molecule has 1 aliphatic rings. The van der Waals surface area contributed by atoms with Crippen molar-refractivity contribution in [3.05, 3.63) is 211 Å². The zero-order valence-corrected chi connectivity index (χ0v) is 32.7. The van der Waals surface area contributed by atoms with E-state index in [9.17, 15) is 0 Å². The van der Waals surface area contributed by atoms with Crippen molar-refractivity contribution >= 4 is 59.3 Å². The highest BCUT2D eigenvalue weighted by Gasteiger charge is 2.36. The first-order valence-corrected chi connectivity index (χ1v) is 20.6. The lowest BCUT2D eigenvalue weighted by molar-refractivity contribution is 0.660. The van der Waals surface area contributed by atoms with E-state index in [0.29, 0.717) is 0 Å². The summed E-state index contributed by atoms with van der Waals surface area (Å²) >= 11 is 1.88. The summed E-state index contributed by atoms with van der Waals surface area (Å²) in [6, 6.07) is 74.0. The lowest BCUT2D eigenvalue weighted by Gasteiger charge is -2.30. The van der Waals surface area contributed by atoms with E-state index in [1.165, 1.54) is 86.6 Å². The number of hydrogen-bond donors (Lipinski definition) is 0. The van der Waals surface area contributed by atoms with Gasteiger partial charge in [0.15, 0.2) is 0 Å². The van der Waals surface area contributed by atoms with Gasteiger partial charge in [0.25, 0.3) is 0 Å². The van der Waals surface area contributed by atoms with E-state index in [-0.39, 0.29) is 5.41 Å². The molecule has 11 rings (SSSR count). The maximum atomic E-state index is 2.50. The number of fused-ring (bicyclic) bond motifs is 7. The molecule has 1 aromatic heterocycles. The zero-order valence-electron chi connectivity index (χ0n) is 31.9. The summed E-state index contributed by atoms with van der Waals surface area (Å²) in [6.07, 6.45) is 0. The van der Waals surface area contributed by atoms with Crippen LogP contribution in [0.15, 0.2) is 200 Å². The molecule has 0 bridgehead atoms. The molecule has 0 atom stereocenters. The minimum atomic E-state index is -0.140. The van der Waals surface area contributed by atoms with Gasteiger partial charge in [-0.3, -0.25) is 0 Å². The van der Waals surface area contributed by atoms with Crippen LogP contribution in [0.3, 0.4) is 0 Å². The SMILES string of the molecule is CC1(C)c2ccccc2-c2ccc(N(c3cccc(-c4cccc5c4sc4ccccc45)c3)c3cc(-c4cccc5ccccc45)ccc3-c3ccccc3)cc21. The number of thiophene rings is 1. The Labute approximate surface area is 337 Å². The van der Waals surface area contributed by atoms with E-state index < -0.39 is 0 Å². The fourth-order valence-electron chi connectivity index (χ4n) is 9.27. The lowest BCUT2D eigenvalue weighted by atomic mass is 9.82. The summed E-state index contributed by atoms with van der Waals surface area (Å²) in [4.78, 5) is 2.50. The molecule has 10 aromatic rings. The average Bonchev–Trinajstić information content (AvgIpc) is 3.76. The van der Waals surface area contributed by atoms with Gasteiger partial charge in [0, 0.05) is 42.5 Å². The van der Waals surface area contributed by atoms with Gasteiger partial charge in [-0.05, 0) is 97.2 Å². The second-order valence-electron chi connectivity index (χ2n) is 15.7. The van der Waals surface area contributed by atoms with Crippen molar-refractivity contribution in [1.82, 2.24) is 0 Å². The molecule has 1 aliphatic carbocycles. The largest absolute Gasteiger partial charge is 0.310 e. The minimum absolute atomic E-state index is 0.140. The van der Waals surface area contributed by atoms with Crippen molar-refractivity contribution in [2.75, 3.05) is 4.90 Å². The quantitative estimate of drug-likeness (QED) is 0.164. The topological polar surface area (TPSA) is 3.24 Å². The molecule has 0 radical (unpaired) electrons. The Balaban J connectivity index is 1.18. The van der Waals surface area contributed by atoms with Crippen molar-refractivity contribution in [2.24, 2.45) is 0 Å². The number of rotatable bonds is 6. The molecular weight excluding hydrogens is 707 g/mol. The van der Waals surface area contributed by atoms with Gasteiger partial charge in [0.1, 0.15) is 0 Å². The van der Waals surface area contributed by atoms with Crippen LogP contribution in [-0.4, -0.2) is 0 Å². The van der Waals surface area contributed by atoms with E-state index in [1.807, 2.05) is 11.3 Å². The molecule has 57 heavy (non-hydrogen) atoms. The summed E-state index contributed by atoms with van der Waals surface area (Å²) in [5.74, 6) is 0. The normalized spacial score (nSPS) is 12.9. The summed E-state index contributed by atoms with van der Waals surface area (Å²) in [6.45, 7) is 4.74. The molecule has 0 spiro atoms. The first-order chi connectivity index (χ1) is 28.0. The Kier molecular flexibility index (Phi) is 7.77. The molecule has 9 aromatic carbocycles. The Morgan fingerprint density at radius 2 is 1.00 bits per heavy atom. The smallest absolute Gasteiger partial charge is 0.0546 e. The second kappa shape index (κ2) is 13.2. The van der Waals surface area contributed by atoms with Crippen LogP contribution < -0.4 is 4.90 Å². The first-order valence-electron chi connectivity index (χ1n) is 19.8. The molecule has 0 amide bonds. The van der Waals surface area contributed by atoms with Gasteiger partial charge in [0.05, 0.1) is 5.69 Å². The average molecular weight is 746 g/mol. The third-order valence-electron chi connectivity index (χ3n) is 12.1. The van der Waals surface area contributed by atoms with Crippen LogP contribution in [0, 0.1) is 0 Å². The van der Waals surface area contributed by atoms with Crippen molar-refractivity contribution in [3.8, 4) is 44.5 Å². The Bertz CT molecular complexity index is 3160. The van der Waals surface area contributed by atoms with Crippen LogP contribution in [-0.2, 0) is 5.41 Å². The van der Waals surface area contributed by atoms with E-state index in [2.05, 4.69) is 219 Å². The maximum Gasteiger partial charge on any atom is 0.0546 e. The van der Waals surface area contributed by atoms with Gasteiger partial charge in [-0.2, -0.15) is 0 Å². The predicted molar refractivity (Wildman–Crippen MR) is 245 cm³/mol. The van der Waals surface area contributed by atoms with Gasteiger partial charge in [-0.25, -0.2) is 0 Å². The third kappa shape index (κ3) is 5.44. The second-order valence-corrected chi connectivity index (χ2v) is 16.7. The van der Waals surface area contributed by atoms with Crippen molar-refractivity contribution < 1.29 is 0 Å². The molecular formula is C55H39NS. The summed E-state index contributed by atoms with van der Waals surface area (Å²) < 4.78 is 2.64. The molecule has 0 N–H and O–H groups in total. The van der Waals surface area contributed by atoms with Gasteiger partial charge < -0.3 is 4.90 Å². The molecule has 0 saturated heterocycles. The van der Waals surface area contributed by atoms with Crippen LogP contribution in [0.1, 0.15) is 25.0 Å². The van der Waals surface area contributed by atoms with Gasteiger partial charge >= 0.3 is 0 Å².